The predicted molar refractivity (Wildman–Crippen MR) is 117 cm³/mol. The number of carbonyl (C=O) groups is 1. The summed E-state index contributed by atoms with van der Waals surface area (Å²) >= 11 is 0. The lowest BCUT2D eigenvalue weighted by Crippen LogP contribution is -2.36. The maximum Gasteiger partial charge on any atom is 0.183 e. The summed E-state index contributed by atoms with van der Waals surface area (Å²) in [6, 6.07) is 10.3. The molecule has 3 heterocycles. The van der Waals surface area contributed by atoms with Gasteiger partial charge < -0.3 is 14.4 Å². The Hall–Kier alpha value is -2.48. The second-order valence-corrected chi connectivity index (χ2v) is 7.95. The molecule has 1 aliphatic rings. The largest absolute Gasteiger partial charge is 0.395 e. The van der Waals surface area contributed by atoms with E-state index in [1.54, 1.807) is 4.68 Å². The molecule has 0 atom stereocenters. The van der Waals surface area contributed by atoms with Crippen molar-refractivity contribution in [2.24, 2.45) is 7.05 Å². The van der Waals surface area contributed by atoms with Gasteiger partial charge in [0.1, 0.15) is 5.69 Å². The lowest BCUT2D eigenvalue weighted by molar-refractivity contribution is 0.0371. The first-order valence-corrected chi connectivity index (χ1v) is 10.7. The molecule has 1 aliphatic heterocycles. The van der Waals surface area contributed by atoms with Gasteiger partial charge in [-0.25, -0.2) is 0 Å². The van der Waals surface area contributed by atoms with E-state index in [9.17, 15) is 9.90 Å². The molecular formula is C23H30N4O3. The Labute approximate surface area is 176 Å². The number of ether oxygens (including phenoxy) is 1. The van der Waals surface area contributed by atoms with Gasteiger partial charge >= 0.3 is 0 Å². The van der Waals surface area contributed by atoms with Gasteiger partial charge in [-0.2, -0.15) is 5.10 Å². The van der Waals surface area contributed by atoms with Crippen LogP contribution in [-0.2, 0) is 18.3 Å². The van der Waals surface area contributed by atoms with Crippen LogP contribution in [0.4, 0.5) is 0 Å². The minimum Gasteiger partial charge on any atom is -0.395 e. The van der Waals surface area contributed by atoms with Crippen LogP contribution in [0.1, 0.15) is 29.0 Å². The summed E-state index contributed by atoms with van der Waals surface area (Å²) in [5.41, 5.74) is 4.72. The molecule has 0 aliphatic carbocycles. The molecule has 30 heavy (non-hydrogen) atoms. The number of aliphatic hydroxyl groups is 1. The number of benzene rings is 1. The fourth-order valence-electron chi connectivity index (χ4n) is 4.25. The highest BCUT2D eigenvalue weighted by molar-refractivity contribution is 5.95. The summed E-state index contributed by atoms with van der Waals surface area (Å²) in [5, 5.41) is 14.9. The Bertz CT molecular complexity index is 1030. The van der Waals surface area contributed by atoms with E-state index in [-0.39, 0.29) is 12.4 Å². The average molecular weight is 411 g/mol. The summed E-state index contributed by atoms with van der Waals surface area (Å²) in [6.45, 7) is 7.14. The number of aromatic nitrogens is 3. The van der Waals surface area contributed by atoms with E-state index in [2.05, 4.69) is 38.8 Å². The topological polar surface area (TPSA) is 72.5 Å². The van der Waals surface area contributed by atoms with Gasteiger partial charge in [0.15, 0.2) is 5.78 Å². The van der Waals surface area contributed by atoms with Crippen LogP contribution >= 0.6 is 0 Å². The quantitative estimate of drug-likeness (QED) is 0.578. The third-order valence-corrected chi connectivity index (χ3v) is 5.88. The Balaban J connectivity index is 1.47. The molecule has 3 aromatic rings. The maximum atomic E-state index is 12.7. The van der Waals surface area contributed by atoms with Gasteiger partial charge in [-0.1, -0.05) is 6.07 Å². The Morgan fingerprint density at radius 3 is 2.73 bits per heavy atom. The van der Waals surface area contributed by atoms with E-state index in [4.69, 9.17) is 4.74 Å². The molecule has 0 amide bonds. The van der Waals surface area contributed by atoms with Crippen LogP contribution < -0.4 is 0 Å². The average Bonchev–Trinajstić information content (AvgIpc) is 3.28. The zero-order chi connectivity index (χ0) is 21.1. The number of nitrogens with zero attached hydrogens (tertiary/aromatic N) is 4. The van der Waals surface area contributed by atoms with Crippen molar-refractivity contribution < 1.29 is 14.6 Å². The van der Waals surface area contributed by atoms with Gasteiger partial charge in [0, 0.05) is 55.3 Å². The number of hydrogen-bond donors (Lipinski definition) is 1. The Morgan fingerprint density at radius 1 is 1.17 bits per heavy atom. The highest BCUT2D eigenvalue weighted by atomic mass is 16.5. The molecule has 0 spiro atoms. The van der Waals surface area contributed by atoms with E-state index in [0.29, 0.717) is 18.7 Å². The molecule has 7 heteroatoms. The van der Waals surface area contributed by atoms with E-state index in [1.165, 1.54) is 0 Å². The van der Waals surface area contributed by atoms with Crippen LogP contribution in [0.3, 0.4) is 0 Å². The van der Waals surface area contributed by atoms with Crippen molar-refractivity contribution in [1.29, 1.82) is 0 Å². The minimum absolute atomic E-state index is 0.0936. The van der Waals surface area contributed by atoms with Crippen molar-refractivity contribution in [3.8, 4) is 11.3 Å². The van der Waals surface area contributed by atoms with Crippen molar-refractivity contribution in [3.63, 3.8) is 0 Å². The highest BCUT2D eigenvalue weighted by Gasteiger charge is 2.16. The first-order chi connectivity index (χ1) is 14.6. The summed E-state index contributed by atoms with van der Waals surface area (Å²) in [6.07, 6.45) is 1.35. The van der Waals surface area contributed by atoms with Crippen molar-refractivity contribution in [2.75, 3.05) is 39.5 Å². The lowest BCUT2D eigenvalue weighted by Gasteiger charge is -2.26. The zero-order valence-electron chi connectivity index (χ0n) is 17.8. The smallest absolute Gasteiger partial charge is 0.183 e. The van der Waals surface area contributed by atoms with Crippen molar-refractivity contribution in [1.82, 2.24) is 19.2 Å². The van der Waals surface area contributed by atoms with Crippen molar-refractivity contribution >= 4 is 16.7 Å². The molecule has 160 valence electrons. The SMILES string of the molecule is Cc1cc2cc(-c3cc(C(=O)CCCN4CCOCC4)nn3C)ccc2n1CCO. The van der Waals surface area contributed by atoms with Gasteiger partial charge in [-0.15, -0.1) is 0 Å². The Morgan fingerprint density at radius 2 is 1.97 bits per heavy atom. The number of Topliss-reactive ketones (excluding diaryl/α,β-unsaturated/α-hetero) is 1. The van der Waals surface area contributed by atoms with E-state index in [1.807, 2.05) is 20.0 Å². The van der Waals surface area contributed by atoms with Gasteiger partial charge in [-0.05, 0) is 44.2 Å². The summed E-state index contributed by atoms with van der Waals surface area (Å²) in [7, 11) is 1.88. The van der Waals surface area contributed by atoms with Crippen molar-refractivity contribution in [3.05, 3.63) is 41.7 Å². The van der Waals surface area contributed by atoms with Crippen LogP contribution in [0, 0.1) is 6.92 Å². The van der Waals surface area contributed by atoms with Crippen LogP contribution in [0.25, 0.3) is 22.2 Å². The Kier molecular flexibility index (Phi) is 6.32. The summed E-state index contributed by atoms with van der Waals surface area (Å²) < 4.78 is 9.27. The number of rotatable bonds is 8. The molecule has 0 saturated carbocycles. The number of aryl methyl sites for hydroxylation is 2. The van der Waals surface area contributed by atoms with Crippen LogP contribution in [0.5, 0.6) is 0 Å². The first-order valence-electron chi connectivity index (χ1n) is 10.7. The predicted octanol–water partition coefficient (Wildman–Crippen LogP) is 2.64. The number of aliphatic hydroxyl groups excluding tert-OH is 1. The maximum absolute atomic E-state index is 12.7. The molecular weight excluding hydrogens is 380 g/mol. The van der Waals surface area contributed by atoms with Crippen LogP contribution in [0.2, 0.25) is 0 Å². The summed E-state index contributed by atoms with van der Waals surface area (Å²) in [4.78, 5) is 15.0. The van der Waals surface area contributed by atoms with E-state index in [0.717, 1.165) is 67.1 Å². The molecule has 1 saturated heterocycles. The van der Waals surface area contributed by atoms with Gasteiger partial charge in [-0.3, -0.25) is 14.4 Å². The molecule has 1 fully saturated rings. The standard InChI is InChI=1S/C23H30N4O3/c1-17-14-19-15-18(5-6-21(19)27(17)8-11-28)22-16-20(24-25(22)2)23(29)4-3-7-26-9-12-30-13-10-26/h5-6,14-16,28H,3-4,7-13H2,1-2H3. The molecule has 2 aromatic heterocycles. The monoisotopic (exact) mass is 410 g/mol. The van der Waals surface area contributed by atoms with Gasteiger partial charge in [0.2, 0.25) is 0 Å². The molecule has 4 rings (SSSR count). The molecule has 1 aromatic carbocycles. The second kappa shape index (κ2) is 9.12. The van der Waals surface area contributed by atoms with Crippen molar-refractivity contribution in [2.45, 2.75) is 26.3 Å². The first kappa shape index (κ1) is 20.8. The zero-order valence-corrected chi connectivity index (χ0v) is 17.8. The fraction of sp³-hybridized carbons (Fsp3) is 0.478. The minimum atomic E-state index is 0.0936. The molecule has 7 nitrogen and oxygen atoms in total. The number of fused-ring (bicyclic) bond motifs is 1. The second-order valence-electron chi connectivity index (χ2n) is 7.95. The summed E-state index contributed by atoms with van der Waals surface area (Å²) in [5.74, 6) is 0.0936. The number of hydrogen-bond acceptors (Lipinski definition) is 5. The van der Waals surface area contributed by atoms with E-state index >= 15 is 0 Å². The molecule has 0 radical (unpaired) electrons. The highest BCUT2D eigenvalue weighted by Crippen LogP contribution is 2.27. The lowest BCUT2D eigenvalue weighted by atomic mass is 10.1. The number of morpholine rings is 1. The third-order valence-electron chi connectivity index (χ3n) is 5.88. The normalized spacial score (nSPS) is 15.2. The third kappa shape index (κ3) is 4.33. The molecule has 1 N–H and O–H groups in total. The molecule has 0 unspecified atom stereocenters. The van der Waals surface area contributed by atoms with E-state index < -0.39 is 0 Å². The number of carbonyl (C=O) groups excluding carboxylic acids is 1. The van der Waals surface area contributed by atoms with Crippen LogP contribution in [-0.4, -0.2) is 69.6 Å². The van der Waals surface area contributed by atoms with Gasteiger partial charge in [0.25, 0.3) is 0 Å². The molecule has 0 bridgehead atoms. The van der Waals surface area contributed by atoms with Crippen LogP contribution in [0.15, 0.2) is 30.3 Å². The van der Waals surface area contributed by atoms with Gasteiger partial charge in [0.05, 0.1) is 25.5 Å². The fourth-order valence-corrected chi connectivity index (χ4v) is 4.25. The number of ketones is 1.